The average molecular weight is 511 g/mol. The summed E-state index contributed by atoms with van der Waals surface area (Å²) in [4.78, 5) is 20.5. The van der Waals surface area contributed by atoms with Crippen LogP contribution in [0.5, 0.6) is 17.2 Å². The number of benzene rings is 2. The molecule has 0 bridgehead atoms. The predicted octanol–water partition coefficient (Wildman–Crippen LogP) is 5.61. The van der Waals surface area contributed by atoms with Crippen molar-refractivity contribution in [3.63, 3.8) is 0 Å². The van der Waals surface area contributed by atoms with Gasteiger partial charge < -0.3 is 24.3 Å². The zero-order valence-electron chi connectivity index (χ0n) is 20.8. The molecule has 2 aromatic carbocycles. The summed E-state index contributed by atoms with van der Waals surface area (Å²) in [6.07, 6.45) is 1.77. The van der Waals surface area contributed by atoms with Crippen LogP contribution in [0.15, 0.2) is 54.7 Å². The number of carbonyl (C=O) groups is 1. The van der Waals surface area contributed by atoms with E-state index in [0.717, 1.165) is 0 Å². The van der Waals surface area contributed by atoms with Crippen LogP contribution in [0.4, 0.5) is 8.78 Å². The lowest BCUT2D eigenvalue weighted by atomic mass is 9.92. The van der Waals surface area contributed by atoms with Crippen molar-refractivity contribution in [3.05, 3.63) is 71.8 Å². The Morgan fingerprint density at radius 3 is 2.57 bits per heavy atom. The molecule has 1 atom stereocenters. The molecule has 0 radical (unpaired) electrons. The number of nitrogens with one attached hydrogen (secondary N) is 1. The Morgan fingerprint density at radius 1 is 1.08 bits per heavy atom. The second-order valence-electron chi connectivity index (χ2n) is 8.71. The van der Waals surface area contributed by atoms with Gasteiger partial charge in [-0.25, -0.2) is 13.8 Å². The molecule has 7 nitrogen and oxygen atoms in total. The van der Waals surface area contributed by atoms with Crippen LogP contribution in [0.25, 0.3) is 22.2 Å². The molecule has 0 saturated heterocycles. The molecule has 0 fully saturated rings. The number of hydrogen-bond donors (Lipinski definition) is 2. The highest BCUT2D eigenvalue weighted by Gasteiger charge is 2.28. The van der Waals surface area contributed by atoms with E-state index >= 15 is 0 Å². The Labute approximate surface area is 213 Å². The van der Waals surface area contributed by atoms with E-state index in [1.165, 1.54) is 26.4 Å². The molecule has 194 valence electrons. The normalized spacial score (nSPS) is 12.8. The summed E-state index contributed by atoms with van der Waals surface area (Å²) in [6.45, 7) is 0.830. The molecule has 0 spiro atoms. The van der Waals surface area contributed by atoms with E-state index < -0.39 is 12.3 Å². The van der Waals surface area contributed by atoms with Gasteiger partial charge in [-0.15, -0.1) is 0 Å². The Balaban J connectivity index is 1.57. The lowest BCUT2D eigenvalue weighted by Crippen LogP contribution is -2.24. The van der Waals surface area contributed by atoms with E-state index in [4.69, 9.17) is 14.2 Å². The smallest absolute Gasteiger partial charge is 0.163 e. The molecule has 1 unspecified atom stereocenters. The van der Waals surface area contributed by atoms with Crippen molar-refractivity contribution in [2.75, 3.05) is 27.5 Å². The number of fused-ring (bicyclic) bond motifs is 1. The number of H-pyrrole nitrogens is 1. The highest BCUT2D eigenvalue weighted by atomic mass is 19.1. The van der Waals surface area contributed by atoms with E-state index in [1.807, 2.05) is 0 Å². The van der Waals surface area contributed by atoms with Crippen LogP contribution in [0.3, 0.4) is 0 Å². The summed E-state index contributed by atoms with van der Waals surface area (Å²) in [6, 6.07) is 12.7. The minimum atomic E-state index is -1.44. The first-order valence-electron chi connectivity index (χ1n) is 11.7. The number of alkyl halides is 1. The van der Waals surface area contributed by atoms with Gasteiger partial charge >= 0.3 is 0 Å². The van der Waals surface area contributed by atoms with E-state index in [2.05, 4.69) is 9.97 Å². The number of aromatic nitrogens is 2. The first kappa shape index (κ1) is 26.1. The molecule has 37 heavy (non-hydrogen) atoms. The fourth-order valence-electron chi connectivity index (χ4n) is 4.16. The maximum Gasteiger partial charge on any atom is 0.163 e. The van der Waals surface area contributed by atoms with Crippen molar-refractivity contribution >= 4 is 16.7 Å². The fraction of sp³-hybridized carbons (Fsp3) is 0.286. The van der Waals surface area contributed by atoms with Gasteiger partial charge in [-0.05, 0) is 49.7 Å². The van der Waals surface area contributed by atoms with Gasteiger partial charge in [-0.3, -0.25) is 4.79 Å². The van der Waals surface area contributed by atoms with Crippen LogP contribution in [0.1, 0.15) is 35.8 Å². The van der Waals surface area contributed by atoms with Crippen LogP contribution < -0.4 is 14.2 Å². The summed E-state index contributed by atoms with van der Waals surface area (Å²) in [5.41, 5.74) is 0.696. The molecule has 2 aromatic heterocycles. The Morgan fingerprint density at radius 2 is 1.84 bits per heavy atom. The Kier molecular flexibility index (Phi) is 7.73. The van der Waals surface area contributed by atoms with Crippen molar-refractivity contribution in [3.8, 4) is 28.5 Å². The van der Waals surface area contributed by atoms with Crippen molar-refractivity contribution in [2.45, 2.75) is 25.4 Å². The molecule has 9 heteroatoms. The van der Waals surface area contributed by atoms with Gasteiger partial charge in [0.15, 0.2) is 17.3 Å². The molecule has 0 aliphatic carbocycles. The van der Waals surface area contributed by atoms with Crippen LogP contribution in [-0.2, 0) is 5.60 Å². The minimum Gasteiger partial charge on any atom is -0.494 e. The number of rotatable bonds is 11. The van der Waals surface area contributed by atoms with Crippen molar-refractivity contribution in [1.82, 2.24) is 9.97 Å². The quantitative estimate of drug-likeness (QED) is 0.255. The van der Waals surface area contributed by atoms with E-state index in [-0.39, 0.29) is 31.0 Å². The topological polar surface area (TPSA) is 93.7 Å². The summed E-state index contributed by atoms with van der Waals surface area (Å²) in [5.74, 6) is 0.529. The van der Waals surface area contributed by atoms with Gasteiger partial charge in [0.05, 0.1) is 25.4 Å². The maximum atomic E-state index is 14.2. The minimum absolute atomic E-state index is 0.0299. The molecule has 0 aliphatic heterocycles. The number of pyridine rings is 1. The first-order valence-corrected chi connectivity index (χ1v) is 11.7. The second-order valence-corrected chi connectivity index (χ2v) is 8.71. The number of aliphatic hydroxyl groups is 1. The third-order valence-corrected chi connectivity index (χ3v) is 6.21. The van der Waals surface area contributed by atoms with Gasteiger partial charge in [-0.1, -0.05) is 12.1 Å². The van der Waals surface area contributed by atoms with Crippen molar-refractivity contribution in [2.24, 2.45) is 0 Å². The molecule has 4 rings (SSSR count). The van der Waals surface area contributed by atoms with E-state index in [1.54, 1.807) is 49.5 Å². The largest absolute Gasteiger partial charge is 0.494 e. The molecular formula is C28H28F2N2O5. The number of ketones is 1. The van der Waals surface area contributed by atoms with Gasteiger partial charge in [0.25, 0.3) is 0 Å². The van der Waals surface area contributed by atoms with Crippen LogP contribution >= 0.6 is 0 Å². The first-order chi connectivity index (χ1) is 17.8. The van der Waals surface area contributed by atoms with Crippen LogP contribution in [0.2, 0.25) is 0 Å². The SMILES string of the molecule is COc1cc(C(=O)CCC(C)(O)c2ccc(OC)c(-c3c[nH]c4c(F)cccc34)n2)ccc1OCCF. The number of methoxy groups -OCH3 is 2. The Bertz CT molecular complexity index is 1420. The van der Waals surface area contributed by atoms with Gasteiger partial charge in [0.2, 0.25) is 0 Å². The summed E-state index contributed by atoms with van der Waals surface area (Å²) < 4.78 is 42.7. The average Bonchev–Trinajstić information content (AvgIpc) is 3.35. The highest BCUT2D eigenvalue weighted by molar-refractivity contribution is 5.97. The monoisotopic (exact) mass is 510 g/mol. The summed E-state index contributed by atoms with van der Waals surface area (Å²) in [7, 11) is 2.94. The lowest BCUT2D eigenvalue weighted by Gasteiger charge is -2.23. The van der Waals surface area contributed by atoms with E-state index in [9.17, 15) is 18.7 Å². The summed E-state index contributed by atoms with van der Waals surface area (Å²) >= 11 is 0. The number of aromatic amines is 1. The van der Waals surface area contributed by atoms with E-state index in [0.29, 0.717) is 50.7 Å². The predicted molar refractivity (Wildman–Crippen MR) is 136 cm³/mol. The number of carbonyl (C=O) groups excluding carboxylic acids is 1. The standard InChI is InChI=1S/C28H28F2N2O5/c1-28(34,12-11-21(33)17-7-8-22(37-14-13-29)24(15-17)36-3)25-10-9-23(35-2)27(32-25)19-16-31-26-18(19)5-4-6-20(26)30/h4-10,15-16,31,34H,11-14H2,1-3H3. The number of ether oxygens (including phenoxy) is 3. The molecule has 2 heterocycles. The zero-order valence-corrected chi connectivity index (χ0v) is 20.8. The van der Waals surface area contributed by atoms with Crippen LogP contribution in [-0.4, -0.2) is 48.4 Å². The number of Topliss-reactive ketones (excluding diaryl/α,β-unsaturated/α-hetero) is 1. The number of halogens is 2. The molecule has 4 aromatic rings. The number of nitrogens with zero attached hydrogens (tertiary/aromatic N) is 1. The Hall–Kier alpha value is -3.98. The molecule has 0 amide bonds. The molecular weight excluding hydrogens is 482 g/mol. The van der Waals surface area contributed by atoms with Crippen molar-refractivity contribution < 1.29 is 32.9 Å². The van der Waals surface area contributed by atoms with Gasteiger partial charge in [0.1, 0.15) is 36.1 Å². The number of hydrogen-bond acceptors (Lipinski definition) is 6. The summed E-state index contributed by atoms with van der Waals surface area (Å²) in [5, 5.41) is 11.9. The van der Waals surface area contributed by atoms with Crippen LogP contribution in [0, 0.1) is 5.82 Å². The lowest BCUT2D eigenvalue weighted by molar-refractivity contribution is 0.0397. The van der Waals surface area contributed by atoms with Gasteiger partial charge in [-0.2, -0.15) is 0 Å². The fourth-order valence-corrected chi connectivity index (χ4v) is 4.16. The molecule has 0 aliphatic rings. The third kappa shape index (κ3) is 5.41. The van der Waals surface area contributed by atoms with Crippen molar-refractivity contribution in [1.29, 1.82) is 0 Å². The van der Waals surface area contributed by atoms with Gasteiger partial charge in [0, 0.05) is 29.1 Å². The molecule has 0 saturated carbocycles. The molecule has 2 N–H and O–H groups in total. The zero-order chi connectivity index (χ0) is 26.6. The second kappa shape index (κ2) is 11.0. The third-order valence-electron chi connectivity index (χ3n) is 6.21. The number of para-hydroxylation sites is 1. The highest BCUT2D eigenvalue weighted by Crippen LogP contribution is 2.37. The maximum absolute atomic E-state index is 14.2.